The number of rotatable bonds is 10. The number of nitrogens with zero attached hydrogens (tertiary/aromatic N) is 4. The molecule has 1 aromatic rings. The van der Waals surface area contributed by atoms with Gasteiger partial charge in [-0.2, -0.15) is 11.8 Å². The van der Waals surface area contributed by atoms with Crippen molar-refractivity contribution in [1.29, 1.82) is 0 Å². The van der Waals surface area contributed by atoms with Crippen molar-refractivity contribution in [2.45, 2.75) is 13.1 Å². The molecule has 0 bridgehead atoms. The molecule has 0 atom stereocenters. The second-order valence-electron chi connectivity index (χ2n) is 9.29. The van der Waals surface area contributed by atoms with Gasteiger partial charge in [0.1, 0.15) is 0 Å². The van der Waals surface area contributed by atoms with Gasteiger partial charge in [0, 0.05) is 65.4 Å². The van der Waals surface area contributed by atoms with Gasteiger partial charge in [-0.15, -0.1) is 0 Å². The maximum Gasteiger partial charge on any atom is 0.407 e. The number of carbonyl (C=O) groups is 5. The fraction of sp³-hybridized carbons (Fsp3) is 0.560. The Hall–Kier alpha value is -3.56. The number of carboxylic acids is 1. The summed E-state index contributed by atoms with van der Waals surface area (Å²) in [7, 11) is 0. The van der Waals surface area contributed by atoms with E-state index in [1.807, 2.05) is 30.5 Å². The van der Waals surface area contributed by atoms with Gasteiger partial charge in [0.2, 0.25) is 11.8 Å². The SMILES string of the molecule is CSCC(=O)NCc1cccc(CNC(=O)CN2CCN(CC(=O)O)CCN(C(=O)O)CCN(C(=O)O)CC2)c1. The fourth-order valence-corrected chi connectivity index (χ4v) is 4.44. The van der Waals surface area contributed by atoms with E-state index in [0.717, 1.165) is 20.9 Å². The smallest absolute Gasteiger partial charge is 0.407 e. The Balaban J connectivity index is 2.01. The van der Waals surface area contributed by atoms with Crippen molar-refractivity contribution in [3.63, 3.8) is 0 Å². The zero-order valence-electron chi connectivity index (χ0n) is 22.6. The van der Waals surface area contributed by atoms with Crippen LogP contribution in [0.3, 0.4) is 0 Å². The molecule has 4 amide bonds. The summed E-state index contributed by atoms with van der Waals surface area (Å²) >= 11 is 1.44. The molecule has 5 N–H and O–H groups in total. The number of amides is 4. The summed E-state index contributed by atoms with van der Waals surface area (Å²) in [6, 6.07) is 7.48. The molecule has 2 rings (SSSR count). The van der Waals surface area contributed by atoms with Crippen molar-refractivity contribution in [2.24, 2.45) is 0 Å². The Labute approximate surface area is 237 Å². The van der Waals surface area contributed by atoms with Gasteiger partial charge in [-0.25, -0.2) is 9.59 Å². The van der Waals surface area contributed by atoms with Crippen LogP contribution in [0.25, 0.3) is 0 Å². The lowest BCUT2D eigenvalue weighted by Crippen LogP contribution is -2.50. The molecule has 1 saturated heterocycles. The summed E-state index contributed by atoms with van der Waals surface area (Å²) < 4.78 is 0. The second-order valence-corrected chi connectivity index (χ2v) is 10.2. The van der Waals surface area contributed by atoms with Crippen LogP contribution in [-0.2, 0) is 27.5 Å². The van der Waals surface area contributed by atoms with E-state index in [0.29, 0.717) is 12.3 Å². The van der Waals surface area contributed by atoms with Crippen LogP contribution in [0.2, 0.25) is 0 Å². The second kappa shape index (κ2) is 17.2. The molecule has 14 nitrogen and oxygen atoms in total. The Morgan fingerprint density at radius 1 is 0.725 bits per heavy atom. The van der Waals surface area contributed by atoms with E-state index in [1.165, 1.54) is 11.8 Å². The highest BCUT2D eigenvalue weighted by molar-refractivity contribution is 7.99. The van der Waals surface area contributed by atoms with Crippen molar-refractivity contribution < 1.29 is 39.3 Å². The standard InChI is InChI=1S/C25H38N6O8S/c1-40-18-22(33)27-15-20-4-2-3-19(13-20)14-26-21(32)16-28-5-6-29(17-23(34)35)8-10-31(25(38)39)12-11-30(9-7-28)24(36)37/h2-4,13H,5-12,14-18H2,1H3,(H,26,32)(H,27,33)(H,34,35)(H,36,37)(H,38,39). The zero-order valence-corrected chi connectivity index (χ0v) is 23.4. The first-order chi connectivity index (χ1) is 19.1. The molecule has 0 aliphatic carbocycles. The Bertz CT molecular complexity index is 1030. The van der Waals surface area contributed by atoms with Crippen LogP contribution in [-0.4, -0.2) is 142 Å². The van der Waals surface area contributed by atoms with Gasteiger partial charge in [0.05, 0.1) is 18.8 Å². The van der Waals surface area contributed by atoms with E-state index < -0.39 is 18.2 Å². The third-order valence-corrected chi connectivity index (χ3v) is 6.81. The van der Waals surface area contributed by atoms with Crippen molar-refractivity contribution >= 4 is 41.7 Å². The number of carbonyl (C=O) groups excluding carboxylic acids is 2. The fourth-order valence-electron chi connectivity index (χ4n) is 4.08. The van der Waals surface area contributed by atoms with E-state index in [-0.39, 0.29) is 83.8 Å². The van der Waals surface area contributed by atoms with Gasteiger partial charge < -0.3 is 35.8 Å². The highest BCUT2D eigenvalue weighted by Crippen LogP contribution is 2.06. The molecular formula is C25H38N6O8S. The molecule has 1 aliphatic rings. The number of aliphatic carboxylic acids is 1. The molecule has 40 heavy (non-hydrogen) atoms. The van der Waals surface area contributed by atoms with Crippen LogP contribution in [0.1, 0.15) is 11.1 Å². The van der Waals surface area contributed by atoms with E-state index in [9.17, 15) is 39.3 Å². The lowest BCUT2D eigenvalue weighted by molar-refractivity contribution is -0.138. The summed E-state index contributed by atoms with van der Waals surface area (Å²) in [5.74, 6) is -1.01. The highest BCUT2D eigenvalue weighted by Gasteiger charge is 2.22. The number of hydrogen-bond donors (Lipinski definition) is 5. The third kappa shape index (κ3) is 12.5. The third-order valence-electron chi connectivity index (χ3n) is 6.26. The Morgan fingerprint density at radius 2 is 1.18 bits per heavy atom. The van der Waals surface area contributed by atoms with Gasteiger partial charge in [-0.3, -0.25) is 24.2 Å². The predicted molar refractivity (Wildman–Crippen MR) is 148 cm³/mol. The molecular weight excluding hydrogens is 544 g/mol. The van der Waals surface area contributed by atoms with Crippen LogP contribution in [0.15, 0.2) is 24.3 Å². The molecule has 1 fully saturated rings. The topological polar surface area (TPSA) is 183 Å². The van der Waals surface area contributed by atoms with Gasteiger partial charge in [-0.05, 0) is 17.4 Å². The Kier molecular flexibility index (Phi) is 14.0. The minimum absolute atomic E-state index is 0.0247. The number of benzene rings is 1. The van der Waals surface area contributed by atoms with E-state index in [1.54, 1.807) is 9.80 Å². The van der Waals surface area contributed by atoms with Crippen molar-refractivity contribution in [3.8, 4) is 0 Å². The molecule has 15 heteroatoms. The van der Waals surface area contributed by atoms with Crippen LogP contribution >= 0.6 is 11.8 Å². The highest BCUT2D eigenvalue weighted by atomic mass is 32.2. The van der Waals surface area contributed by atoms with Crippen molar-refractivity contribution in [3.05, 3.63) is 35.4 Å². The molecule has 0 radical (unpaired) electrons. The molecule has 0 aromatic heterocycles. The zero-order chi connectivity index (χ0) is 29.5. The lowest BCUT2D eigenvalue weighted by atomic mass is 10.1. The first-order valence-corrected chi connectivity index (χ1v) is 14.2. The van der Waals surface area contributed by atoms with E-state index in [2.05, 4.69) is 10.6 Å². The number of hydrogen-bond acceptors (Lipinski definition) is 8. The maximum atomic E-state index is 12.8. The maximum absolute atomic E-state index is 12.8. The number of thioether (sulfide) groups is 1. The number of nitrogens with one attached hydrogen (secondary N) is 2. The average molecular weight is 583 g/mol. The quantitative estimate of drug-likeness (QED) is 0.249. The first-order valence-electron chi connectivity index (χ1n) is 12.8. The summed E-state index contributed by atoms with van der Waals surface area (Å²) in [6.45, 7) is 1.20. The first kappa shape index (κ1) is 32.7. The summed E-state index contributed by atoms with van der Waals surface area (Å²) in [5.41, 5.74) is 1.75. The predicted octanol–water partition coefficient (Wildman–Crippen LogP) is -0.0558. The minimum Gasteiger partial charge on any atom is -0.480 e. The molecule has 222 valence electrons. The molecule has 1 aliphatic heterocycles. The Morgan fingerprint density at radius 3 is 1.65 bits per heavy atom. The van der Waals surface area contributed by atoms with Gasteiger partial charge in [-0.1, -0.05) is 24.3 Å². The monoisotopic (exact) mass is 582 g/mol. The van der Waals surface area contributed by atoms with Crippen molar-refractivity contribution in [1.82, 2.24) is 30.2 Å². The van der Waals surface area contributed by atoms with Crippen LogP contribution in [0.4, 0.5) is 9.59 Å². The molecule has 0 spiro atoms. The largest absolute Gasteiger partial charge is 0.480 e. The molecule has 1 aromatic carbocycles. The van der Waals surface area contributed by atoms with Crippen LogP contribution in [0, 0.1) is 0 Å². The van der Waals surface area contributed by atoms with Crippen LogP contribution < -0.4 is 10.6 Å². The summed E-state index contributed by atoms with van der Waals surface area (Å²) in [4.78, 5) is 64.7. The van der Waals surface area contributed by atoms with Crippen LogP contribution in [0.5, 0.6) is 0 Å². The minimum atomic E-state index is -1.21. The molecule has 1 heterocycles. The van der Waals surface area contributed by atoms with E-state index >= 15 is 0 Å². The number of carboxylic acid groups (broad SMARTS) is 3. The summed E-state index contributed by atoms with van der Waals surface area (Å²) in [5, 5.41) is 34.0. The van der Waals surface area contributed by atoms with Gasteiger partial charge in [0.15, 0.2) is 0 Å². The van der Waals surface area contributed by atoms with Crippen molar-refractivity contribution in [2.75, 3.05) is 77.5 Å². The van der Waals surface area contributed by atoms with Gasteiger partial charge in [0.25, 0.3) is 0 Å². The lowest BCUT2D eigenvalue weighted by Gasteiger charge is -2.32. The molecule has 0 unspecified atom stereocenters. The van der Waals surface area contributed by atoms with Gasteiger partial charge >= 0.3 is 18.2 Å². The molecule has 0 saturated carbocycles. The van der Waals surface area contributed by atoms with E-state index in [4.69, 9.17) is 0 Å². The average Bonchev–Trinajstić information content (AvgIpc) is 2.89. The normalized spacial score (nSPS) is 15.9. The summed E-state index contributed by atoms with van der Waals surface area (Å²) in [6.07, 6.45) is -0.546.